The topological polar surface area (TPSA) is 56.5 Å². The van der Waals surface area contributed by atoms with Crippen LogP contribution < -0.4 is 4.74 Å². The van der Waals surface area contributed by atoms with Crippen LogP contribution in [0.15, 0.2) is 6.20 Å². The molecule has 0 bridgehead atoms. The summed E-state index contributed by atoms with van der Waals surface area (Å²) in [6.45, 7) is 8.92. The van der Waals surface area contributed by atoms with Gasteiger partial charge >= 0.3 is 0 Å². The Labute approximate surface area is 114 Å². The first-order chi connectivity index (χ1) is 9.01. The van der Waals surface area contributed by atoms with Crippen LogP contribution in [0, 0.1) is 11.8 Å². The zero-order valence-electron chi connectivity index (χ0n) is 12.3. The van der Waals surface area contributed by atoms with E-state index in [1.54, 1.807) is 18.0 Å². The Morgan fingerprint density at radius 1 is 1.42 bits per heavy atom. The zero-order valence-corrected chi connectivity index (χ0v) is 12.3. The number of nitrogens with zero attached hydrogens (tertiary/aromatic N) is 2. The quantitative estimate of drug-likeness (QED) is 0.907. The lowest BCUT2D eigenvalue weighted by Gasteiger charge is -2.25. The van der Waals surface area contributed by atoms with Gasteiger partial charge in [-0.3, -0.25) is 4.68 Å². The third-order valence-electron chi connectivity index (χ3n) is 4.33. The van der Waals surface area contributed by atoms with Gasteiger partial charge in [0.1, 0.15) is 11.8 Å². The SMILES string of the molecule is CCn1ncc(OC)c1C(O)C1C(C)OC(C)C1C. The van der Waals surface area contributed by atoms with E-state index >= 15 is 0 Å². The van der Waals surface area contributed by atoms with Crippen molar-refractivity contribution in [2.24, 2.45) is 11.8 Å². The first-order valence-electron chi connectivity index (χ1n) is 6.94. The molecular weight excluding hydrogens is 244 g/mol. The molecule has 1 saturated heterocycles. The van der Waals surface area contributed by atoms with E-state index in [1.165, 1.54) is 0 Å². The maximum absolute atomic E-state index is 10.8. The minimum atomic E-state index is -0.618. The van der Waals surface area contributed by atoms with Crippen molar-refractivity contribution in [2.75, 3.05) is 7.11 Å². The molecule has 1 N–H and O–H groups in total. The van der Waals surface area contributed by atoms with E-state index in [4.69, 9.17) is 9.47 Å². The number of ether oxygens (including phenoxy) is 2. The maximum Gasteiger partial charge on any atom is 0.162 e. The smallest absolute Gasteiger partial charge is 0.162 e. The van der Waals surface area contributed by atoms with Gasteiger partial charge in [0.15, 0.2) is 5.75 Å². The van der Waals surface area contributed by atoms with E-state index in [0.717, 1.165) is 5.69 Å². The van der Waals surface area contributed by atoms with E-state index in [9.17, 15) is 5.11 Å². The molecule has 2 rings (SSSR count). The van der Waals surface area contributed by atoms with Gasteiger partial charge in [0.05, 0.1) is 25.5 Å². The van der Waals surface area contributed by atoms with Crippen LogP contribution in [0.5, 0.6) is 5.75 Å². The van der Waals surface area contributed by atoms with Gasteiger partial charge in [0.25, 0.3) is 0 Å². The number of hydrogen-bond donors (Lipinski definition) is 1. The molecule has 1 aromatic rings. The molecule has 108 valence electrons. The highest BCUT2D eigenvalue weighted by molar-refractivity contribution is 5.28. The van der Waals surface area contributed by atoms with Crippen LogP contribution in [0.25, 0.3) is 0 Å². The Bertz CT molecular complexity index is 411. The molecule has 0 amide bonds. The maximum atomic E-state index is 10.8. The first kappa shape index (κ1) is 14.3. The largest absolute Gasteiger partial charge is 0.493 e. The number of aliphatic hydroxyl groups is 1. The molecule has 1 aliphatic rings. The van der Waals surface area contributed by atoms with Crippen molar-refractivity contribution in [1.29, 1.82) is 0 Å². The average Bonchev–Trinajstić information content (AvgIpc) is 2.90. The third-order valence-corrected chi connectivity index (χ3v) is 4.33. The predicted octanol–water partition coefficient (Wildman–Crippen LogP) is 2.00. The second-order valence-corrected chi connectivity index (χ2v) is 5.34. The zero-order chi connectivity index (χ0) is 14.2. The highest BCUT2D eigenvalue weighted by atomic mass is 16.5. The van der Waals surface area contributed by atoms with Crippen molar-refractivity contribution in [1.82, 2.24) is 9.78 Å². The first-order valence-corrected chi connectivity index (χ1v) is 6.94. The van der Waals surface area contributed by atoms with Crippen molar-refractivity contribution in [3.8, 4) is 5.75 Å². The van der Waals surface area contributed by atoms with Crippen LogP contribution in [0.2, 0.25) is 0 Å². The van der Waals surface area contributed by atoms with E-state index < -0.39 is 6.10 Å². The van der Waals surface area contributed by atoms with Gasteiger partial charge in [-0.2, -0.15) is 5.10 Å². The summed E-state index contributed by atoms with van der Waals surface area (Å²) in [6, 6.07) is 0. The second-order valence-electron chi connectivity index (χ2n) is 5.34. The molecule has 0 aliphatic carbocycles. The van der Waals surface area contributed by atoms with Gasteiger partial charge in [-0.1, -0.05) is 6.92 Å². The van der Waals surface area contributed by atoms with Crippen LogP contribution in [-0.2, 0) is 11.3 Å². The number of aliphatic hydroxyl groups excluding tert-OH is 1. The Hall–Kier alpha value is -1.07. The molecule has 5 heteroatoms. The van der Waals surface area contributed by atoms with Crippen molar-refractivity contribution < 1.29 is 14.6 Å². The number of hydrogen-bond acceptors (Lipinski definition) is 4. The lowest BCUT2D eigenvalue weighted by Crippen LogP contribution is -2.27. The van der Waals surface area contributed by atoms with Crippen molar-refractivity contribution in [3.05, 3.63) is 11.9 Å². The molecule has 5 nitrogen and oxygen atoms in total. The van der Waals surface area contributed by atoms with Gasteiger partial charge < -0.3 is 14.6 Å². The lowest BCUT2D eigenvalue weighted by molar-refractivity contribution is 0.0195. The van der Waals surface area contributed by atoms with Gasteiger partial charge in [-0.15, -0.1) is 0 Å². The van der Waals surface area contributed by atoms with Crippen LogP contribution in [0.1, 0.15) is 39.5 Å². The molecule has 2 heterocycles. The highest BCUT2D eigenvalue weighted by Crippen LogP contribution is 2.42. The second kappa shape index (κ2) is 5.51. The van der Waals surface area contributed by atoms with E-state index in [0.29, 0.717) is 18.2 Å². The summed E-state index contributed by atoms with van der Waals surface area (Å²) in [4.78, 5) is 0. The normalized spacial score (nSPS) is 32.5. The monoisotopic (exact) mass is 268 g/mol. The van der Waals surface area contributed by atoms with Crippen LogP contribution in [-0.4, -0.2) is 34.2 Å². The fourth-order valence-electron chi connectivity index (χ4n) is 3.11. The number of aromatic nitrogens is 2. The number of rotatable bonds is 4. The molecule has 5 atom stereocenters. The summed E-state index contributed by atoms with van der Waals surface area (Å²) in [5, 5.41) is 15.0. The summed E-state index contributed by atoms with van der Waals surface area (Å²) < 4.78 is 12.9. The molecule has 5 unspecified atom stereocenters. The van der Waals surface area contributed by atoms with E-state index in [-0.39, 0.29) is 18.1 Å². The van der Waals surface area contributed by atoms with E-state index in [2.05, 4.69) is 18.9 Å². The lowest BCUT2D eigenvalue weighted by atomic mass is 9.83. The van der Waals surface area contributed by atoms with Gasteiger partial charge in [0, 0.05) is 12.5 Å². The van der Waals surface area contributed by atoms with Crippen LogP contribution >= 0.6 is 0 Å². The van der Waals surface area contributed by atoms with Crippen molar-refractivity contribution in [2.45, 2.75) is 52.6 Å². The molecule has 1 aromatic heterocycles. The average molecular weight is 268 g/mol. The number of methoxy groups -OCH3 is 1. The van der Waals surface area contributed by atoms with Gasteiger partial charge in [-0.25, -0.2) is 0 Å². The van der Waals surface area contributed by atoms with E-state index in [1.807, 2.05) is 13.8 Å². The van der Waals surface area contributed by atoms with Gasteiger partial charge in [-0.05, 0) is 26.7 Å². The standard InChI is InChI=1S/C14H24N2O3/c1-6-16-13(11(18-5)7-15-16)14(17)12-8(2)9(3)19-10(12)4/h7-10,12,14,17H,6H2,1-5H3. The fraction of sp³-hybridized carbons (Fsp3) is 0.786. The van der Waals surface area contributed by atoms with Crippen molar-refractivity contribution >= 4 is 0 Å². The van der Waals surface area contributed by atoms with Crippen molar-refractivity contribution in [3.63, 3.8) is 0 Å². The molecule has 0 radical (unpaired) electrons. The molecule has 0 aromatic carbocycles. The minimum Gasteiger partial charge on any atom is -0.493 e. The highest BCUT2D eigenvalue weighted by Gasteiger charge is 2.43. The summed E-state index contributed by atoms with van der Waals surface area (Å²) in [5.41, 5.74) is 0.756. The molecule has 0 saturated carbocycles. The van der Waals surface area contributed by atoms with Gasteiger partial charge in [0.2, 0.25) is 0 Å². The molecular formula is C14H24N2O3. The van der Waals surface area contributed by atoms with Crippen LogP contribution in [0.4, 0.5) is 0 Å². The van der Waals surface area contributed by atoms with Crippen LogP contribution in [0.3, 0.4) is 0 Å². The Morgan fingerprint density at radius 3 is 2.58 bits per heavy atom. The summed E-state index contributed by atoms with van der Waals surface area (Å²) in [7, 11) is 1.61. The molecule has 1 fully saturated rings. The molecule has 19 heavy (non-hydrogen) atoms. The summed E-state index contributed by atoms with van der Waals surface area (Å²) in [6.07, 6.45) is 1.24. The fourth-order valence-corrected chi connectivity index (χ4v) is 3.11. The summed E-state index contributed by atoms with van der Waals surface area (Å²) >= 11 is 0. The third kappa shape index (κ3) is 2.37. The Morgan fingerprint density at radius 2 is 2.11 bits per heavy atom. The molecule has 0 spiro atoms. The Balaban J connectivity index is 2.33. The molecule has 1 aliphatic heterocycles. The predicted molar refractivity (Wildman–Crippen MR) is 72.1 cm³/mol. The number of aryl methyl sites for hydroxylation is 1. The Kier molecular flexibility index (Phi) is 4.16. The minimum absolute atomic E-state index is 0.0323. The summed E-state index contributed by atoms with van der Waals surface area (Å²) in [5.74, 6) is 1.01.